The number of anilines is 1. The Bertz CT molecular complexity index is 587. The molecule has 5 heteroatoms. The van der Waals surface area contributed by atoms with Crippen LogP contribution in [0, 0.1) is 11.7 Å². The van der Waals surface area contributed by atoms with Crippen LogP contribution < -0.4 is 4.90 Å². The van der Waals surface area contributed by atoms with Crippen LogP contribution in [0.3, 0.4) is 0 Å². The van der Waals surface area contributed by atoms with E-state index in [-0.39, 0.29) is 35.9 Å². The second-order valence-corrected chi connectivity index (χ2v) is 6.75. The van der Waals surface area contributed by atoms with E-state index < -0.39 is 0 Å². The Labute approximate surface area is 135 Å². The summed E-state index contributed by atoms with van der Waals surface area (Å²) in [6.45, 7) is 1.30. The number of amides is 1. The Hall–Kier alpha value is -1.46. The first kappa shape index (κ1) is 15.1. The summed E-state index contributed by atoms with van der Waals surface area (Å²) in [5.41, 5.74) is 0.657. The van der Waals surface area contributed by atoms with Crippen molar-refractivity contribution in [3.63, 3.8) is 0 Å². The molecule has 3 aliphatic rings. The Morgan fingerprint density at radius 3 is 2.65 bits per heavy atom. The average molecular weight is 319 g/mol. The minimum atomic E-state index is -0.309. The molecular formula is C18H22FNO3. The standard InChI is InChI=1S/C18H22FNO3/c19-12-2-1-3-14(10-12)20(13-6-8-22-9-7-13)18(21)16-11-15-4-5-17(16)23-15/h1-3,10,13,15-17H,4-9,11H2/t15-,16-,17+/m1/s1. The fraction of sp³-hybridized carbons (Fsp3) is 0.611. The monoisotopic (exact) mass is 319 g/mol. The maximum absolute atomic E-state index is 13.7. The van der Waals surface area contributed by atoms with Gasteiger partial charge >= 0.3 is 0 Å². The first-order valence-corrected chi connectivity index (χ1v) is 8.54. The molecule has 0 aromatic heterocycles. The van der Waals surface area contributed by atoms with Crippen molar-refractivity contribution in [2.75, 3.05) is 18.1 Å². The second-order valence-electron chi connectivity index (χ2n) is 6.75. The van der Waals surface area contributed by atoms with Gasteiger partial charge in [0.1, 0.15) is 5.82 Å². The van der Waals surface area contributed by atoms with E-state index in [2.05, 4.69) is 0 Å². The lowest BCUT2D eigenvalue weighted by Crippen LogP contribution is -2.48. The highest BCUT2D eigenvalue weighted by molar-refractivity contribution is 5.96. The number of rotatable bonds is 3. The number of carbonyl (C=O) groups is 1. The summed E-state index contributed by atoms with van der Waals surface area (Å²) in [7, 11) is 0. The van der Waals surface area contributed by atoms with Crippen molar-refractivity contribution in [3.8, 4) is 0 Å². The molecule has 4 rings (SSSR count). The van der Waals surface area contributed by atoms with Gasteiger partial charge < -0.3 is 14.4 Å². The molecule has 3 saturated heterocycles. The molecule has 124 valence electrons. The Morgan fingerprint density at radius 2 is 2.00 bits per heavy atom. The molecule has 0 N–H and O–H groups in total. The van der Waals surface area contributed by atoms with Crippen molar-refractivity contribution < 1.29 is 18.7 Å². The van der Waals surface area contributed by atoms with Crippen molar-refractivity contribution in [2.24, 2.45) is 5.92 Å². The highest BCUT2D eigenvalue weighted by atomic mass is 19.1. The van der Waals surface area contributed by atoms with Gasteiger partial charge in [0.05, 0.1) is 18.1 Å². The molecule has 1 aromatic rings. The van der Waals surface area contributed by atoms with Crippen LogP contribution in [0.15, 0.2) is 24.3 Å². The molecule has 23 heavy (non-hydrogen) atoms. The SMILES string of the molecule is O=C([C@@H]1C[C@H]2CC[C@@H]1O2)N(c1cccc(F)c1)C1CCOCC1. The van der Waals surface area contributed by atoms with E-state index in [9.17, 15) is 9.18 Å². The van der Waals surface area contributed by atoms with Crippen LogP contribution in [-0.2, 0) is 14.3 Å². The molecule has 4 nitrogen and oxygen atoms in total. The summed E-state index contributed by atoms with van der Waals surface area (Å²) in [6.07, 6.45) is 4.70. The quantitative estimate of drug-likeness (QED) is 0.860. The molecule has 1 aromatic carbocycles. The minimum absolute atomic E-state index is 0.0448. The van der Waals surface area contributed by atoms with Crippen molar-refractivity contribution in [2.45, 2.75) is 50.4 Å². The Morgan fingerprint density at radius 1 is 1.17 bits per heavy atom. The van der Waals surface area contributed by atoms with Crippen LogP contribution >= 0.6 is 0 Å². The van der Waals surface area contributed by atoms with Crippen molar-refractivity contribution in [1.82, 2.24) is 0 Å². The third kappa shape index (κ3) is 2.88. The lowest BCUT2D eigenvalue weighted by atomic mass is 9.87. The lowest BCUT2D eigenvalue weighted by molar-refractivity contribution is -0.124. The molecule has 0 radical (unpaired) electrons. The largest absolute Gasteiger partial charge is 0.381 e. The Kier molecular flexibility index (Phi) is 4.07. The van der Waals surface area contributed by atoms with Gasteiger partial charge in [0.15, 0.2) is 0 Å². The zero-order chi connectivity index (χ0) is 15.8. The van der Waals surface area contributed by atoms with Gasteiger partial charge in [-0.3, -0.25) is 4.79 Å². The van der Waals surface area contributed by atoms with Gasteiger partial charge in [0, 0.05) is 24.9 Å². The van der Waals surface area contributed by atoms with Crippen LogP contribution in [0.2, 0.25) is 0 Å². The number of hydrogen-bond acceptors (Lipinski definition) is 3. The fourth-order valence-corrected chi connectivity index (χ4v) is 4.16. The number of hydrogen-bond donors (Lipinski definition) is 0. The van der Waals surface area contributed by atoms with Crippen molar-refractivity contribution >= 4 is 11.6 Å². The summed E-state index contributed by atoms with van der Waals surface area (Å²) in [5.74, 6) is -0.300. The van der Waals surface area contributed by atoms with Crippen LogP contribution in [-0.4, -0.2) is 37.4 Å². The number of fused-ring (bicyclic) bond motifs is 2. The third-order valence-corrected chi connectivity index (χ3v) is 5.30. The summed E-state index contributed by atoms with van der Waals surface area (Å²) >= 11 is 0. The number of benzene rings is 1. The summed E-state index contributed by atoms with van der Waals surface area (Å²) in [4.78, 5) is 15.0. The molecule has 3 fully saturated rings. The van der Waals surface area contributed by atoms with E-state index in [1.54, 1.807) is 6.07 Å². The highest BCUT2D eigenvalue weighted by Crippen LogP contribution is 2.41. The molecule has 3 atom stereocenters. The number of ether oxygens (including phenoxy) is 2. The van der Waals surface area contributed by atoms with Gasteiger partial charge in [-0.05, 0) is 50.3 Å². The van der Waals surface area contributed by atoms with E-state index in [0.717, 1.165) is 32.1 Å². The molecule has 0 spiro atoms. The van der Waals surface area contributed by atoms with E-state index >= 15 is 0 Å². The molecule has 0 unspecified atom stereocenters. The fourth-order valence-electron chi connectivity index (χ4n) is 4.16. The average Bonchev–Trinajstić information content (AvgIpc) is 3.19. The van der Waals surface area contributed by atoms with Crippen LogP contribution in [0.25, 0.3) is 0 Å². The smallest absolute Gasteiger partial charge is 0.233 e. The van der Waals surface area contributed by atoms with E-state index in [1.165, 1.54) is 12.1 Å². The Balaban J connectivity index is 1.62. The van der Waals surface area contributed by atoms with Crippen LogP contribution in [0.4, 0.5) is 10.1 Å². The van der Waals surface area contributed by atoms with Gasteiger partial charge in [0.2, 0.25) is 5.91 Å². The van der Waals surface area contributed by atoms with E-state index in [1.807, 2.05) is 11.0 Å². The molecule has 1 amide bonds. The van der Waals surface area contributed by atoms with E-state index in [0.29, 0.717) is 18.9 Å². The van der Waals surface area contributed by atoms with Gasteiger partial charge in [0.25, 0.3) is 0 Å². The lowest BCUT2D eigenvalue weighted by Gasteiger charge is -2.37. The van der Waals surface area contributed by atoms with Gasteiger partial charge in [-0.1, -0.05) is 6.07 Å². The van der Waals surface area contributed by atoms with Crippen molar-refractivity contribution in [1.29, 1.82) is 0 Å². The molecule has 3 aliphatic heterocycles. The number of nitrogens with zero attached hydrogens (tertiary/aromatic N) is 1. The highest BCUT2D eigenvalue weighted by Gasteiger charge is 2.47. The predicted octanol–water partition coefficient (Wildman–Crippen LogP) is 2.91. The maximum atomic E-state index is 13.7. The number of halogens is 1. The first-order chi connectivity index (χ1) is 11.2. The summed E-state index contributed by atoms with van der Waals surface area (Å²) in [6, 6.07) is 6.45. The second kappa shape index (κ2) is 6.21. The summed E-state index contributed by atoms with van der Waals surface area (Å²) in [5, 5.41) is 0. The third-order valence-electron chi connectivity index (χ3n) is 5.30. The molecule has 3 heterocycles. The van der Waals surface area contributed by atoms with E-state index in [4.69, 9.17) is 9.47 Å². The van der Waals surface area contributed by atoms with Crippen LogP contribution in [0.1, 0.15) is 32.1 Å². The topological polar surface area (TPSA) is 38.8 Å². The van der Waals surface area contributed by atoms with Gasteiger partial charge in [-0.25, -0.2) is 4.39 Å². The van der Waals surface area contributed by atoms with Crippen molar-refractivity contribution in [3.05, 3.63) is 30.1 Å². The summed E-state index contributed by atoms with van der Waals surface area (Å²) < 4.78 is 25.0. The zero-order valence-corrected chi connectivity index (χ0v) is 13.1. The van der Waals surface area contributed by atoms with Crippen LogP contribution in [0.5, 0.6) is 0 Å². The number of carbonyl (C=O) groups excluding carboxylic acids is 1. The zero-order valence-electron chi connectivity index (χ0n) is 13.1. The maximum Gasteiger partial charge on any atom is 0.233 e. The molecule has 0 aliphatic carbocycles. The van der Waals surface area contributed by atoms with Gasteiger partial charge in [-0.2, -0.15) is 0 Å². The normalized spacial score (nSPS) is 30.6. The molecule has 2 bridgehead atoms. The first-order valence-electron chi connectivity index (χ1n) is 8.54. The van der Waals surface area contributed by atoms with Gasteiger partial charge in [-0.15, -0.1) is 0 Å². The predicted molar refractivity (Wildman–Crippen MR) is 83.7 cm³/mol. The molecular weight excluding hydrogens is 297 g/mol. The molecule has 0 saturated carbocycles. The minimum Gasteiger partial charge on any atom is -0.381 e.